The van der Waals surface area contributed by atoms with Crippen LogP contribution >= 0.6 is 23.2 Å². The smallest absolute Gasteiger partial charge is 0.261 e. The van der Waals surface area contributed by atoms with E-state index >= 15 is 0 Å². The summed E-state index contributed by atoms with van der Waals surface area (Å²) in [6.45, 7) is 10.5. The van der Waals surface area contributed by atoms with Crippen LogP contribution in [0.3, 0.4) is 0 Å². The molecule has 0 radical (unpaired) electrons. The number of hydrogen-bond acceptors (Lipinski definition) is 3. The normalized spacial score (nSPS) is 12.0. The van der Waals surface area contributed by atoms with E-state index in [0.717, 1.165) is 0 Å². The number of hydrogen-bond donors (Lipinski definition) is 1. The number of amides is 2. The van der Waals surface area contributed by atoms with Crippen molar-refractivity contribution in [1.82, 2.24) is 10.2 Å². The molecule has 0 unspecified atom stereocenters. The van der Waals surface area contributed by atoms with E-state index in [0.29, 0.717) is 39.7 Å². The topological polar surface area (TPSA) is 58.6 Å². The third-order valence-corrected chi connectivity index (χ3v) is 5.70. The zero-order valence-corrected chi connectivity index (χ0v) is 20.8. The quantitative estimate of drug-likeness (QED) is 0.477. The molecule has 32 heavy (non-hydrogen) atoms. The molecule has 0 saturated carbocycles. The number of nitrogens with one attached hydrogen (secondary N) is 1. The molecule has 0 aliphatic rings. The molecule has 0 aliphatic heterocycles. The predicted octanol–water partition coefficient (Wildman–Crippen LogP) is 5.69. The number of halogens is 2. The van der Waals surface area contributed by atoms with Crippen molar-refractivity contribution in [3.05, 3.63) is 63.6 Å². The van der Waals surface area contributed by atoms with Crippen LogP contribution in [0.1, 0.15) is 51.7 Å². The van der Waals surface area contributed by atoms with Crippen molar-refractivity contribution < 1.29 is 14.3 Å². The minimum absolute atomic E-state index is 0.167. The molecule has 0 aromatic heterocycles. The van der Waals surface area contributed by atoms with E-state index in [4.69, 9.17) is 27.9 Å². The molecule has 2 aromatic carbocycles. The molecule has 0 aliphatic carbocycles. The van der Waals surface area contributed by atoms with Gasteiger partial charge in [0.05, 0.1) is 0 Å². The summed E-state index contributed by atoms with van der Waals surface area (Å²) in [7, 11) is 0. The minimum Gasteiger partial charge on any atom is -0.484 e. The van der Waals surface area contributed by atoms with Gasteiger partial charge in [-0.15, -0.1) is 0 Å². The van der Waals surface area contributed by atoms with Gasteiger partial charge < -0.3 is 15.0 Å². The van der Waals surface area contributed by atoms with Gasteiger partial charge in [-0.25, -0.2) is 0 Å². The van der Waals surface area contributed by atoms with Crippen molar-refractivity contribution >= 4 is 35.0 Å². The van der Waals surface area contributed by atoms with Gasteiger partial charge in [-0.2, -0.15) is 0 Å². The van der Waals surface area contributed by atoms with Gasteiger partial charge in [-0.05, 0) is 54.2 Å². The van der Waals surface area contributed by atoms with Crippen LogP contribution in [0.25, 0.3) is 0 Å². The van der Waals surface area contributed by atoms with Crippen LogP contribution in [-0.4, -0.2) is 35.9 Å². The van der Waals surface area contributed by atoms with E-state index in [1.165, 1.54) is 10.5 Å². The molecule has 0 bridgehead atoms. The molecule has 0 heterocycles. The summed E-state index contributed by atoms with van der Waals surface area (Å²) in [4.78, 5) is 27.3. The maximum absolute atomic E-state index is 13.1. The molecule has 2 rings (SSSR count). The fraction of sp³-hybridized carbons (Fsp3) is 0.440. The summed E-state index contributed by atoms with van der Waals surface area (Å²) in [6.07, 6.45) is 0. The summed E-state index contributed by atoms with van der Waals surface area (Å²) >= 11 is 12.3. The molecule has 5 nitrogen and oxygen atoms in total. The Labute approximate surface area is 201 Å². The molecule has 1 N–H and O–H groups in total. The average molecular weight is 479 g/mol. The van der Waals surface area contributed by atoms with Gasteiger partial charge in [0.25, 0.3) is 5.91 Å². The van der Waals surface area contributed by atoms with Crippen LogP contribution in [0.4, 0.5) is 0 Å². The minimum atomic E-state index is -0.695. The molecular weight excluding hydrogens is 447 g/mol. The number of carbonyl (C=O) groups is 2. The highest BCUT2D eigenvalue weighted by Crippen LogP contribution is 2.24. The molecule has 174 valence electrons. The monoisotopic (exact) mass is 478 g/mol. The second-order valence-corrected chi connectivity index (χ2v) is 9.43. The van der Waals surface area contributed by atoms with Crippen molar-refractivity contribution in [2.75, 3.05) is 13.2 Å². The van der Waals surface area contributed by atoms with E-state index in [1.807, 2.05) is 38.1 Å². The molecule has 0 saturated heterocycles. The first-order valence-corrected chi connectivity index (χ1v) is 11.6. The van der Waals surface area contributed by atoms with Gasteiger partial charge in [-0.1, -0.05) is 69.1 Å². The van der Waals surface area contributed by atoms with Gasteiger partial charge in [0.2, 0.25) is 5.91 Å². The maximum Gasteiger partial charge on any atom is 0.261 e. The molecular formula is C25H32Cl2N2O3. The maximum atomic E-state index is 13.1. The Hall–Kier alpha value is -2.24. The summed E-state index contributed by atoms with van der Waals surface area (Å²) in [5.74, 6) is 0.785. The molecule has 2 amide bonds. The molecule has 1 atom stereocenters. The lowest BCUT2D eigenvalue weighted by atomic mass is 10.0. The Morgan fingerprint density at radius 2 is 1.66 bits per heavy atom. The summed E-state index contributed by atoms with van der Waals surface area (Å²) in [6, 6.07) is 12.1. The van der Waals surface area contributed by atoms with Crippen LogP contribution in [0.2, 0.25) is 10.0 Å². The highest BCUT2D eigenvalue weighted by molar-refractivity contribution is 6.35. The van der Waals surface area contributed by atoms with Crippen molar-refractivity contribution in [3.63, 3.8) is 0 Å². The summed E-state index contributed by atoms with van der Waals surface area (Å²) < 4.78 is 5.72. The Bertz CT molecular complexity index is 914. The van der Waals surface area contributed by atoms with Crippen molar-refractivity contribution in [3.8, 4) is 5.75 Å². The summed E-state index contributed by atoms with van der Waals surface area (Å²) in [5.41, 5.74) is 1.90. The lowest BCUT2D eigenvalue weighted by Gasteiger charge is -2.29. The van der Waals surface area contributed by atoms with Crippen molar-refractivity contribution in [2.24, 2.45) is 5.92 Å². The first-order chi connectivity index (χ1) is 15.1. The van der Waals surface area contributed by atoms with Gasteiger partial charge in [0.15, 0.2) is 6.61 Å². The van der Waals surface area contributed by atoms with Crippen LogP contribution in [0.15, 0.2) is 42.5 Å². The van der Waals surface area contributed by atoms with E-state index < -0.39 is 6.04 Å². The van der Waals surface area contributed by atoms with Gasteiger partial charge in [0, 0.05) is 23.1 Å². The highest BCUT2D eigenvalue weighted by Gasteiger charge is 2.27. The number of nitrogens with zero attached hydrogens (tertiary/aromatic N) is 1. The van der Waals surface area contributed by atoms with Crippen LogP contribution < -0.4 is 10.1 Å². The first-order valence-electron chi connectivity index (χ1n) is 10.8. The molecule has 2 aromatic rings. The molecule has 7 heteroatoms. The van der Waals surface area contributed by atoms with Crippen molar-refractivity contribution in [2.45, 2.75) is 53.1 Å². The van der Waals surface area contributed by atoms with Crippen LogP contribution in [-0.2, 0) is 16.1 Å². The Morgan fingerprint density at radius 3 is 2.22 bits per heavy atom. The van der Waals surface area contributed by atoms with Crippen molar-refractivity contribution in [1.29, 1.82) is 0 Å². The highest BCUT2D eigenvalue weighted by atomic mass is 35.5. The Kier molecular flexibility index (Phi) is 9.85. The number of ether oxygens (including phenoxy) is 1. The Morgan fingerprint density at radius 1 is 1.00 bits per heavy atom. The lowest BCUT2D eigenvalue weighted by Crippen LogP contribution is -2.49. The third kappa shape index (κ3) is 7.72. The number of benzene rings is 2. The van der Waals surface area contributed by atoms with E-state index in [9.17, 15) is 9.59 Å². The lowest BCUT2D eigenvalue weighted by molar-refractivity contribution is -0.142. The predicted molar refractivity (Wildman–Crippen MR) is 130 cm³/mol. The van der Waals surface area contributed by atoms with E-state index in [2.05, 4.69) is 19.2 Å². The van der Waals surface area contributed by atoms with Crippen LogP contribution in [0.5, 0.6) is 5.75 Å². The Balaban J connectivity index is 2.15. The zero-order chi connectivity index (χ0) is 23.8. The second kappa shape index (κ2) is 12.1. The largest absolute Gasteiger partial charge is 0.484 e. The molecule has 0 fully saturated rings. The van der Waals surface area contributed by atoms with Crippen LogP contribution in [0, 0.1) is 5.92 Å². The fourth-order valence-electron chi connectivity index (χ4n) is 3.05. The first kappa shape index (κ1) is 26.0. The van der Waals surface area contributed by atoms with E-state index in [-0.39, 0.29) is 25.0 Å². The SMILES string of the molecule is CC(C)CNC(=O)[C@H](C)N(Cc1ccc(Cl)cc1Cl)C(=O)COc1ccc(C(C)C)cc1. The zero-order valence-electron chi connectivity index (χ0n) is 19.3. The summed E-state index contributed by atoms with van der Waals surface area (Å²) in [5, 5.41) is 3.84. The van der Waals surface area contributed by atoms with Gasteiger partial charge in [-0.3, -0.25) is 9.59 Å². The second-order valence-electron chi connectivity index (χ2n) is 8.58. The fourth-order valence-corrected chi connectivity index (χ4v) is 3.51. The third-order valence-electron chi connectivity index (χ3n) is 5.12. The number of rotatable bonds is 10. The van der Waals surface area contributed by atoms with Gasteiger partial charge >= 0.3 is 0 Å². The van der Waals surface area contributed by atoms with E-state index in [1.54, 1.807) is 25.1 Å². The standard InChI is InChI=1S/C25H32Cl2N2O3/c1-16(2)13-28-25(31)18(5)29(14-20-6-9-21(26)12-23(20)27)24(30)15-32-22-10-7-19(8-11-22)17(3)4/h6-12,16-18H,13-15H2,1-5H3,(H,28,31)/t18-/m0/s1. The number of carbonyl (C=O) groups excluding carboxylic acids is 2. The van der Waals surface area contributed by atoms with Gasteiger partial charge in [0.1, 0.15) is 11.8 Å². The molecule has 0 spiro atoms. The average Bonchev–Trinajstić information content (AvgIpc) is 2.75.